The van der Waals surface area contributed by atoms with Gasteiger partial charge in [-0.05, 0) is 57.6 Å². The first kappa shape index (κ1) is 24.4. The van der Waals surface area contributed by atoms with Gasteiger partial charge >= 0.3 is 0 Å². The van der Waals surface area contributed by atoms with E-state index in [0.29, 0.717) is 17.3 Å². The Labute approximate surface area is 203 Å². The molecule has 7 heteroatoms. The number of benzene rings is 2. The molecule has 0 radical (unpaired) electrons. The average molecular weight is 466 g/mol. The SMILES string of the molecule is CCCCN1CCC(CC2(NC)N=C(N)c3cc(OC)c(OC)cc3N2)(c2ccccc2)CC1. The highest BCUT2D eigenvalue weighted by molar-refractivity contribution is 6.05. The molecule has 1 unspecified atom stereocenters. The van der Waals surface area contributed by atoms with Crippen molar-refractivity contribution in [3.05, 3.63) is 53.6 Å². The van der Waals surface area contributed by atoms with E-state index in [1.54, 1.807) is 14.2 Å². The van der Waals surface area contributed by atoms with E-state index in [1.165, 1.54) is 24.9 Å². The molecule has 34 heavy (non-hydrogen) atoms. The number of methoxy groups -OCH3 is 2. The van der Waals surface area contributed by atoms with Crippen LogP contribution in [-0.2, 0) is 5.41 Å². The van der Waals surface area contributed by atoms with Crippen molar-refractivity contribution in [2.24, 2.45) is 10.7 Å². The van der Waals surface area contributed by atoms with Crippen LogP contribution in [0.5, 0.6) is 11.5 Å². The van der Waals surface area contributed by atoms with Crippen molar-refractivity contribution in [1.82, 2.24) is 10.2 Å². The van der Waals surface area contributed by atoms with Crippen molar-refractivity contribution >= 4 is 11.5 Å². The number of aliphatic imine (C=N–C) groups is 1. The smallest absolute Gasteiger partial charge is 0.187 e. The molecule has 0 amide bonds. The lowest BCUT2D eigenvalue weighted by Gasteiger charge is -2.48. The van der Waals surface area contributed by atoms with Crippen molar-refractivity contribution in [2.45, 2.75) is 50.2 Å². The molecule has 0 spiro atoms. The number of nitrogens with two attached hydrogens (primary N) is 1. The van der Waals surface area contributed by atoms with Crippen LogP contribution in [0.1, 0.15) is 50.2 Å². The maximum Gasteiger partial charge on any atom is 0.187 e. The second-order valence-corrected chi connectivity index (χ2v) is 9.50. The summed E-state index contributed by atoms with van der Waals surface area (Å²) in [4.78, 5) is 7.61. The quantitative estimate of drug-likeness (QED) is 0.520. The van der Waals surface area contributed by atoms with Gasteiger partial charge in [0.05, 0.1) is 19.9 Å². The van der Waals surface area contributed by atoms with Gasteiger partial charge < -0.3 is 25.4 Å². The number of unbranched alkanes of at least 4 members (excludes halogenated alkanes) is 1. The van der Waals surface area contributed by atoms with Gasteiger partial charge in [0.2, 0.25) is 0 Å². The first-order valence-electron chi connectivity index (χ1n) is 12.3. The third kappa shape index (κ3) is 4.72. The fourth-order valence-corrected chi connectivity index (χ4v) is 5.44. The van der Waals surface area contributed by atoms with E-state index >= 15 is 0 Å². The van der Waals surface area contributed by atoms with Crippen molar-refractivity contribution in [3.8, 4) is 11.5 Å². The number of likely N-dealkylation sites (tertiary alicyclic amines) is 1. The number of hydrogen-bond donors (Lipinski definition) is 3. The normalized spacial score (nSPS) is 21.8. The summed E-state index contributed by atoms with van der Waals surface area (Å²) in [5, 5.41) is 7.15. The number of hydrogen-bond acceptors (Lipinski definition) is 7. The third-order valence-corrected chi connectivity index (χ3v) is 7.49. The standard InChI is InChI=1S/C27H39N5O2/c1-5-6-14-32-15-12-26(13-16-32,20-10-8-7-9-11-20)19-27(29-2)30-22-18-24(34-4)23(33-3)17-21(22)25(28)31-27/h7-11,17-18,29-30H,5-6,12-16,19H2,1-4H3,(H2,28,31). The molecular formula is C27H39N5O2. The van der Waals surface area contributed by atoms with Crippen molar-refractivity contribution in [1.29, 1.82) is 0 Å². The van der Waals surface area contributed by atoms with Gasteiger partial charge in [0.1, 0.15) is 5.84 Å². The number of nitrogens with one attached hydrogen (secondary N) is 2. The predicted octanol–water partition coefficient (Wildman–Crippen LogP) is 3.93. The Morgan fingerprint density at radius 3 is 2.38 bits per heavy atom. The summed E-state index contributed by atoms with van der Waals surface area (Å²) in [7, 11) is 5.22. The Hall–Kier alpha value is -2.77. The summed E-state index contributed by atoms with van der Waals surface area (Å²) in [6.45, 7) is 5.62. The second-order valence-electron chi connectivity index (χ2n) is 9.50. The molecule has 0 aliphatic carbocycles. The number of fused-ring (bicyclic) bond motifs is 1. The Kier molecular flexibility index (Phi) is 7.33. The van der Waals surface area contributed by atoms with E-state index in [9.17, 15) is 0 Å². The minimum Gasteiger partial charge on any atom is -0.493 e. The average Bonchev–Trinajstić information content (AvgIpc) is 2.88. The van der Waals surface area contributed by atoms with Crippen LogP contribution in [0.15, 0.2) is 47.5 Å². The molecule has 0 saturated carbocycles. The van der Waals surface area contributed by atoms with Crippen molar-refractivity contribution in [3.63, 3.8) is 0 Å². The molecule has 2 aliphatic heterocycles. The summed E-state index contributed by atoms with van der Waals surface area (Å²) in [6, 6.07) is 14.7. The summed E-state index contributed by atoms with van der Waals surface area (Å²) in [6.07, 6.45) is 5.44. The lowest BCUT2D eigenvalue weighted by Crippen LogP contribution is -2.57. The Balaban J connectivity index is 1.68. The van der Waals surface area contributed by atoms with Gasteiger partial charge in [-0.3, -0.25) is 5.32 Å². The largest absolute Gasteiger partial charge is 0.493 e. The van der Waals surface area contributed by atoms with E-state index in [4.69, 9.17) is 20.2 Å². The van der Waals surface area contributed by atoms with Crippen LogP contribution in [0.25, 0.3) is 0 Å². The van der Waals surface area contributed by atoms with Crippen LogP contribution in [0.3, 0.4) is 0 Å². The first-order valence-corrected chi connectivity index (χ1v) is 12.3. The molecule has 184 valence electrons. The Morgan fingerprint density at radius 2 is 1.76 bits per heavy atom. The monoisotopic (exact) mass is 465 g/mol. The first-order chi connectivity index (χ1) is 16.5. The molecule has 4 rings (SSSR count). The molecule has 1 fully saturated rings. The molecule has 1 atom stereocenters. The van der Waals surface area contributed by atoms with Gasteiger partial charge in [0.15, 0.2) is 17.3 Å². The molecule has 7 nitrogen and oxygen atoms in total. The molecule has 1 saturated heterocycles. The summed E-state index contributed by atoms with van der Waals surface area (Å²) in [5.41, 5.74) is 9.61. The topological polar surface area (TPSA) is 84.1 Å². The van der Waals surface area contributed by atoms with E-state index in [2.05, 4.69) is 52.8 Å². The van der Waals surface area contributed by atoms with Crippen LogP contribution in [0, 0.1) is 0 Å². The van der Waals surface area contributed by atoms with E-state index in [0.717, 1.165) is 43.6 Å². The van der Waals surface area contributed by atoms with Crippen molar-refractivity contribution in [2.75, 3.05) is 46.2 Å². The molecule has 0 bridgehead atoms. The van der Waals surface area contributed by atoms with Gasteiger partial charge in [-0.2, -0.15) is 0 Å². The zero-order valence-electron chi connectivity index (χ0n) is 21.0. The molecule has 2 aromatic rings. The summed E-state index contributed by atoms with van der Waals surface area (Å²) in [5.74, 6) is 1.07. The molecule has 2 aliphatic rings. The maximum atomic E-state index is 6.54. The van der Waals surface area contributed by atoms with E-state index in [-0.39, 0.29) is 5.41 Å². The van der Waals surface area contributed by atoms with Gasteiger partial charge in [-0.15, -0.1) is 0 Å². The number of nitrogens with zero attached hydrogens (tertiary/aromatic N) is 2. The molecule has 0 aromatic heterocycles. The van der Waals surface area contributed by atoms with E-state index < -0.39 is 5.79 Å². The molecule has 2 aromatic carbocycles. The van der Waals surface area contributed by atoms with Crippen LogP contribution in [-0.4, -0.2) is 57.4 Å². The lowest BCUT2D eigenvalue weighted by atomic mass is 9.68. The number of ether oxygens (including phenoxy) is 2. The summed E-state index contributed by atoms with van der Waals surface area (Å²) < 4.78 is 11.0. The van der Waals surface area contributed by atoms with Gasteiger partial charge in [0.25, 0.3) is 0 Å². The third-order valence-electron chi connectivity index (χ3n) is 7.49. The fraction of sp³-hybridized carbons (Fsp3) is 0.519. The highest BCUT2D eigenvalue weighted by Crippen LogP contribution is 2.45. The lowest BCUT2D eigenvalue weighted by molar-refractivity contribution is 0.128. The van der Waals surface area contributed by atoms with Gasteiger partial charge in [-0.25, -0.2) is 4.99 Å². The Bertz CT molecular complexity index is 1000. The zero-order chi connectivity index (χ0) is 24.2. The maximum absolute atomic E-state index is 6.54. The molecule has 2 heterocycles. The minimum atomic E-state index is -0.724. The van der Waals surface area contributed by atoms with Crippen molar-refractivity contribution < 1.29 is 9.47 Å². The van der Waals surface area contributed by atoms with Crippen LogP contribution < -0.4 is 25.8 Å². The van der Waals surface area contributed by atoms with Gasteiger partial charge in [-0.1, -0.05) is 43.7 Å². The second kappa shape index (κ2) is 10.2. The van der Waals surface area contributed by atoms with Crippen LogP contribution in [0.2, 0.25) is 0 Å². The van der Waals surface area contributed by atoms with Gasteiger partial charge in [0, 0.05) is 23.5 Å². The highest BCUT2D eigenvalue weighted by atomic mass is 16.5. The minimum absolute atomic E-state index is 0.0160. The molecular weight excluding hydrogens is 426 g/mol. The molecule has 4 N–H and O–H groups in total. The highest BCUT2D eigenvalue weighted by Gasteiger charge is 2.45. The number of amidine groups is 1. The van der Waals surface area contributed by atoms with Crippen LogP contribution in [0.4, 0.5) is 5.69 Å². The predicted molar refractivity (Wildman–Crippen MR) is 139 cm³/mol. The number of piperidine rings is 1. The number of rotatable bonds is 9. The zero-order valence-corrected chi connectivity index (χ0v) is 21.0. The number of anilines is 1. The Morgan fingerprint density at radius 1 is 1.09 bits per heavy atom. The van der Waals surface area contributed by atoms with E-state index in [1.807, 2.05) is 19.2 Å². The summed E-state index contributed by atoms with van der Waals surface area (Å²) >= 11 is 0. The fourth-order valence-electron chi connectivity index (χ4n) is 5.44. The van der Waals surface area contributed by atoms with Crippen LogP contribution >= 0.6 is 0 Å².